The normalized spacial score (nSPS) is 14.1. The van der Waals surface area contributed by atoms with E-state index in [-0.39, 0.29) is 6.61 Å². The van der Waals surface area contributed by atoms with Gasteiger partial charge in [-0.05, 0) is 25.5 Å². The molecule has 0 rings (SSSR count). The van der Waals surface area contributed by atoms with Gasteiger partial charge < -0.3 is 10.8 Å². The molecule has 2 heteroatoms. The molecule has 0 spiro atoms. The highest BCUT2D eigenvalue weighted by Gasteiger charge is 1.84. The van der Waals surface area contributed by atoms with E-state index in [0.717, 1.165) is 5.57 Å². The van der Waals surface area contributed by atoms with Crippen LogP contribution in [-0.4, -0.2) is 11.7 Å². The third-order valence-electron chi connectivity index (χ3n) is 0.996. The smallest absolute Gasteiger partial charge is 0.0642 e. The second-order valence-electron chi connectivity index (χ2n) is 1.94. The molecule has 9 heavy (non-hydrogen) atoms. The summed E-state index contributed by atoms with van der Waals surface area (Å²) in [5, 5.41) is 8.53. The SMILES string of the molecule is C/C=C(N)\C=C(/C)CO. The maximum absolute atomic E-state index is 8.53. The standard InChI is InChI=1S/C7H13NO/c1-3-7(8)4-6(2)5-9/h3-4,9H,5,8H2,1-2H3/b6-4+,7-3+. The molecule has 0 atom stereocenters. The lowest BCUT2D eigenvalue weighted by molar-refractivity contribution is 0.331. The monoisotopic (exact) mass is 127 g/mol. The summed E-state index contributed by atoms with van der Waals surface area (Å²) in [6.07, 6.45) is 3.54. The van der Waals surface area contributed by atoms with Crippen molar-refractivity contribution in [2.24, 2.45) is 5.73 Å². The van der Waals surface area contributed by atoms with Crippen LogP contribution in [0.3, 0.4) is 0 Å². The third-order valence-corrected chi connectivity index (χ3v) is 0.996. The maximum Gasteiger partial charge on any atom is 0.0642 e. The van der Waals surface area contributed by atoms with Crippen molar-refractivity contribution in [1.82, 2.24) is 0 Å². The first kappa shape index (κ1) is 8.24. The first-order valence-electron chi connectivity index (χ1n) is 2.90. The van der Waals surface area contributed by atoms with Gasteiger partial charge in [0.2, 0.25) is 0 Å². The molecule has 52 valence electrons. The Morgan fingerprint density at radius 1 is 1.67 bits per heavy atom. The largest absolute Gasteiger partial charge is 0.399 e. The molecule has 0 fully saturated rings. The van der Waals surface area contributed by atoms with Gasteiger partial charge in [-0.1, -0.05) is 6.08 Å². The van der Waals surface area contributed by atoms with Gasteiger partial charge >= 0.3 is 0 Å². The van der Waals surface area contributed by atoms with Crippen LogP contribution >= 0.6 is 0 Å². The Bertz CT molecular complexity index is 136. The zero-order chi connectivity index (χ0) is 7.28. The number of aliphatic hydroxyl groups excluding tert-OH is 1. The van der Waals surface area contributed by atoms with Crippen LogP contribution in [-0.2, 0) is 0 Å². The van der Waals surface area contributed by atoms with Crippen LogP contribution < -0.4 is 5.73 Å². The maximum atomic E-state index is 8.53. The van der Waals surface area contributed by atoms with Gasteiger partial charge in [0.15, 0.2) is 0 Å². The van der Waals surface area contributed by atoms with Crippen molar-refractivity contribution in [3.05, 3.63) is 23.4 Å². The highest BCUT2D eigenvalue weighted by atomic mass is 16.3. The fourth-order valence-electron chi connectivity index (χ4n) is 0.413. The third kappa shape index (κ3) is 3.79. The van der Waals surface area contributed by atoms with Crippen LogP contribution in [0.5, 0.6) is 0 Å². The van der Waals surface area contributed by atoms with Crippen LogP contribution in [0.15, 0.2) is 23.4 Å². The summed E-state index contributed by atoms with van der Waals surface area (Å²) in [7, 11) is 0. The van der Waals surface area contributed by atoms with E-state index in [1.165, 1.54) is 0 Å². The molecule has 0 aliphatic rings. The molecular weight excluding hydrogens is 114 g/mol. The molecule has 0 aromatic rings. The van der Waals surface area contributed by atoms with Crippen LogP contribution in [0.2, 0.25) is 0 Å². The molecule has 0 aromatic heterocycles. The van der Waals surface area contributed by atoms with Gasteiger partial charge in [0.1, 0.15) is 0 Å². The van der Waals surface area contributed by atoms with Crippen molar-refractivity contribution in [3.63, 3.8) is 0 Å². The minimum Gasteiger partial charge on any atom is -0.399 e. The molecule has 0 aliphatic heterocycles. The molecule has 0 unspecified atom stereocenters. The number of rotatable bonds is 2. The van der Waals surface area contributed by atoms with Crippen molar-refractivity contribution >= 4 is 0 Å². The first-order chi connectivity index (χ1) is 4.20. The first-order valence-corrected chi connectivity index (χ1v) is 2.90. The summed E-state index contributed by atoms with van der Waals surface area (Å²) in [6, 6.07) is 0. The molecule has 3 N–H and O–H groups in total. The van der Waals surface area contributed by atoms with Crippen molar-refractivity contribution in [2.45, 2.75) is 13.8 Å². The number of hydrogen-bond donors (Lipinski definition) is 2. The highest BCUT2D eigenvalue weighted by Crippen LogP contribution is 1.94. The number of hydrogen-bond acceptors (Lipinski definition) is 2. The van der Waals surface area contributed by atoms with E-state index in [4.69, 9.17) is 10.8 Å². The molecule has 0 bridgehead atoms. The van der Waals surface area contributed by atoms with Gasteiger partial charge in [-0.15, -0.1) is 0 Å². The topological polar surface area (TPSA) is 46.2 Å². The average Bonchev–Trinajstić information content (AvgIpc) is 1.87. The zero-order valence-corrected chi connectivity index (χ0v) is 5.89. The summed E-state index contributed by atoms with van der Waals surface area (Å²) in [6.45, 7) is 3.77. The minimum atomic E-state index is 0.0779. The van der Waals surface area contributed by atoms with Gasteiger partial charge in [-0.2, -0.15) is 0 Å². The molecule has 0 heterocycles. The van der Waals surface area contributed by atoms with Crippen LogP contribution in [0.4, 0.5) is 0 Å². The lowest BCUT2D eigenvalue weighted by Gasteiger charge is -1.93. The van der Waals surface area contributed by atoms with Gasteiger partial charge in [0.05, 0.1) is 6.61 Å². The minimum absolute atomic E-state index is 0.0779. The molecule has 0 saturated heterocycles. The van der Waals surface area contributed by atoms with E-state index in [0.29, 0.717) is 5.70 Å². The number of aliphatic hydroxyl groups is 1. The fourth-order valence-corrected chi connectivity index (χ4v) is 0.413. The predicted octanol–water partition coefficient (Wildman–Crippen LogP) is 0.788. The molecular formula is C7H13NO. The number of nitrogens with two attached hydrogens (primary N) is 1. The molecule has 0 saturated carbocycles. The quantitative estimate of drug-likeness (QED) is 0.539. The van der Waals surface area contributed by atoms with E-state index in [1.54, 1.807) is 12.2 Å². The summed E-state index contributed by atoms with van der Waals surface area (Å²) in [5.74, 6) is 0. The Kier molecular flexibility index (Phi) is 3.80. The molecule has 2 nitrogen and oxygen atoms in total. The van der Waals surface area contributed by atoms with Crippen LogP contribution in [0, 0.1) is 0 Å². The van der Waals surface area contributed by atoms with E-state index in [2.05, 4.69) is 0 Å². The van der Waals surface area contributed by atoms with E-state index >= 15 is 0 Å². The van der Waals surface area contributed by atoms with Crippen molar-refractivity contribution in [1.29, 1.82) is 0 Å². The Balaban J connectivity index is 3.95. The Hall–Kier alpha value is -0.760. The summed E-state index contributed by atoms with van der Waals surface area (Å²) in [4.78, 5) is 0. The van der Waals surface area contributed by atoms with E-state index < -0.39 is 0 Å². The van der Waals surface area contributed by atoms with Crippen molar-refractivity contribution < 1.29 is 5.11 Å². The summed E-state index contributed by atoms with van der Waals surface area (Å²) in [5.41, 5.74) is 7.00. The second-order valence-corrected chi connectivity index (χ2v) is 1.94. The summed E-state index contributed by atoms with van der Waals surface area (Å²) >= 11 is 0. The zero-order valence-electron chi connectivity index (χ0n) is 5.89. The molecule has 0 amide bonds. The fraction of sp³-hybridized carbons (Fsp3) is 0.429. The Labute approximate surface area is 55.7 Å². The number of allylic oxidation sites excluding steroid dienone is 2. The molecule has 0 aromatic carbocycles. The van der Waals surface area contributed by atoms with Gasteiger partial charge in [-0.25, -0.2) is 0 Å². The van der Waals surface area contributed by atoms with Gasteiger partial charge in [0, 0.05) is 5.70 Å². The molecule has 0 radical (unpaired) electrons. The van der Waals surface area contributed by atoms with E-state index in [1.807, 2.05) is 13.8 Å². The molecule has 0 aliphatic carbocycles. The van der Waals surface area contributed by atoms with Crippen molar-refractivity contribution in [3.8, 4) is 0 Å². The van der Waals surface area contributed by atoms with Crippen molar-refractivity contribution in [2.75, 3.05) is 6.61 Å². The Morgan fingerprint density at radius 2 is 2.22 bits per heavy atom. The highest BCUT2D eigenvalue weighted by molar-refractivity contribution is 5.18. The predicted molar refractivity (Wildman–Crippen MR) is 38.8 cm³/mol. The summed E-state index contributed by atoms with van der Waals surface area (Å²) < 4.78 is 0. The van der Waals surface area contributed by atoms with Gasteiger partial charge in [-0.3, -0.25) is 0 Å². The van der Waals surface area contributed by atoms with Gasteiger partial charge in [0.25, 0.3) is 0 Å². The van der Waals surface area contributed by atoms with Crippen LogP contribution in [0.25, 0.3) is 0 Å². The second kappa shape index (κ2) is 4.15. The lowest BCUT2D eigenvalue weighted by atomic mass is 10.2. The van der Waals surface area contributed by atoms with Crippen LogP contribution in [0.1, 0.15) is 13.8 Å². The lowest BCUT2D eigenvalue weighted by Crippen LogP contribution is -1.94. The Morgan fingerprint density at radius 3 is 2.56 bits per heavy atom. The average molecular weight is 127 g/mol. The van der Waals surface area contributed by atoms with E-state index in [9.17, 15) is 0 Å².